The Bertz CT molecular complexity index is 849. The van der Waals surface area contributed by atoms with Gasteiger partial charge in [-0.1, -0.05) is 17.7 Å². The molecular weight excluding hydrogens is 329 g/mol. The van der Waals surface area contributed by atoms with Crippen molar-refractivity contribution in [1.29, 1.82) is 0 Å². The average molecular weight is 344 g/mol. The maximum Gasteiger partial charge on any atom is 0.255 e. The van der Waals surface area contributed by atoms with Crippen molar-refractivity contribution in [2.75, 3.05) is 10.6 Å². The molecule has 24 heavy (non-hydrogen) atoms. The summed E-state index contributed by atoms with van der Waals surface area (Å²) in [5, 5.41) is 5.92. The number of aromatic nitrogens is 1. The van der Waals surface area contributed by atoms with Crippen molar-refractivity contribution in [3.63, 3.8) is 0 Å². The lowest BCUT2D eigenvalue weighted by atomic mass is 10.1. The fourth-order valence-corrected chi connectivity index (χ4v) is 2.40. The Hall–Kier alpha value is -2.79. The molecule has 0 unspecified atom stereocenters. The highest BCUT2D eigenvalue weighted by molar-refractivity contribution is 6.31. The Balaban J connectivity index is 1.68. The molecule has 3 rings (SSSR count). The zero-order valence-corrected chi connectivity index (χ0v) is 13.4. The molecule has 3 aromatic rings. The fourth-order valence-electron chi connectivity index (χ4n) is 2.22. The SMILES string of the molecule is O=C(Nc1ccc(F)c(Cl)c1)c1cccc(NCc2cc[nH]c2)c1. The Kier molecular flexibility index (Phi) is 4.82. The zero-order chi connectivity index (χ0) is 16.9. The number of amides is 1. The molecule has 3 N–H and O–H groups in total. The van der Waals surface area contributed by atoms with E-state index in [1.807, 2.05) is 24.5 Å². The van der Waals surface area contributed by atoms with Gasteiger partial charge in [0.1, 0.15) is 5.82 Å². The molecule has 122 valence electrons. The standard InChI is InChI=1S/C18H15ClFN3O/c19-16-9-15(4-5-17(16)20)23-18(24)13-2-1-3-14(8-13)22-11-12-6-7-21-10-12/h1-10,21-22H,11H2,(H,23,24). The van der Waals surface area contributed by atoms with Crippen molar-refractivity contribution in [1.82, 2.24) is 4.98 Å². The van der Waals surface area contributed by atoms with Gasteiger partial charge in [-0.05, 0) is 48.0 Å². The highest BCUT2D eigenvalue weighted by atomic mass is 35.5. The molecule has 0 aliphatic heterocycles. The second-order valence-electron chi connectivity index (χ2n) is 5.24. The Morgan fingerprint density at radius 1 is 1.12 bits per heavy atom. The molecule has 0 aliphatic carbocycles. The molecular formula is C18H15ClFN3O. The molecule has 0 bridgehead atoms. The van der Waals surface area contributed by atoms with Crippen LogP contribution < -0.4 is 10.6 Å². The molecule has 0 atom stereocenters. The predicted octanol–water partition coefficient (Wildman–Crippen LogP) is 4.67. The number of H-pyrrole nitrogens is 1. The average Bonchev–Trinajstić information content (AvgIpc) is 3.10. The van der Waals surface area contributed by atoms with Gasteiger partial charge < -0.3 is 15.6 Å². The number of benzene rings is 2. The Morgan fingerprint density at radius 2 is 2.00 bits per heavy atom. The predicted molar refractivity (Wildman–Crippen MR) is 93.9 cm³/mol. The van der Waals surface area contributed by atoms with Crippen LogP contribution in [0.25, 0.3) is 0 Å². The molecule has 0 saturated heterocycles. The maximum absolute atomic E-state index is 13.2. The van der Waals surface area contributed by atoms with E-state index < -0.39 is 5.82 Å². The smallest absolute Gasteiger partial charge is 0.255 e. The van der Waals surface area contributed by atoms with Crippen LogP contribution in [0.2, 0.25) is 5.02 Å². The molecule has 1 aromatic heterocycles. The van der Waals surface area contributed by atoms with Crippen LogP contribution in [0.15, 0.2) is 60.9 Å². The first-order valence-electron chi connectivity index (χ1n) is 7.34. The van der Waals surface area contributed by atoms with E-state index in [1.54, 1.807) is 18.2 Å². The lowest BCUT2D eigenvalue weighted by molar-refractivity contribution is 0.102. The van der Waals surface area contributed by atoms with Crippen LogP contribution >= 0.6 is 11.6 Å². The number of carbonyl (C=O) groups excluding carboxylic acids is 1. The normalized spacial score (nSPS) is 10.4. The minimum absolute atomic E-state index is 0.0327. The number of rotatable bonds is 5. The van der Waals surface area contributed by atoms with Gasteiger partial charge in [-0.3, -0.25) is 4.79 Å². The van der Waals surface area contributed by atoms with E-state index in [0.29, 0.717) is 17.8 Å². The first kappa shape index (κ1) is 16.1. The summed E-state index contributed by atoms with van der Waals surface area (Å²) in [5.74, 6) is -0.811. The van der Waals surface area contributed by atoms with Gasteiger partial charge in [0.15, 0.2) is 0 Å². The zero-order valence-electron chi connectivity index (χ0n) is 12.6. The van der Waals surface area contributed by atoms with E-state index in [1.165, 1.54) is 18.2 Å². The van der Waals surface area contributed by atoms with Crippen LogP contribution in [0, 0.1) is 5.82 Å². The van der Waals surface area contributed by atoms with Crippen molar-refractivity contribution in [2.24, 2.45) is 0 Å². The molecule has 0 spiro atoms. The van der Waals surface area contributed by atoms with Gasteiger partial charge in [0.2, 0.25) is 0 Å². The summed E-state index contributed by atoms with van der Waals surface area (Å²) in [4.78, 5) is 15.3. The highest BCUT2D eigenvalue weighted by Gasteiger charge is 2.08. The Morgan fingerprint density at radius 3 is 2.75 bits per heavy atom. The summed E-state index contributed by atoms with van der Waals surface area (Å²) in [6.45, 7) is 0.655. The minimum Gasteiger partial charge on any atom is -0.381 e. The first-order chi connectivity index (χ1) is 11.6. The van der Waals surface area contributed by atoms with E-state index in [-0.39, 0.29) is 10.9 Å². The van der Waals surface area contributed by atoms with Crippen molar-refractivity contribution in [3.05, 3.63) is 82.9 Å². The van der Waals surface area contributed by atoms with Gasteiger partial charge in [-0.15, -0.1) is 0 Å². The van der Waals surface area contributed by atoms with Gasteiger partial charge >= 0.3 is 0 Å². The first-order valence-corrected chi connectivity index (χ1v) is 7.71. The minimum atomic E-state index is -0.523. The second-order valence-corrected chi connectivity index (χ2v) is 5.64. The van der Waals surface area contributed by atoms with E-state index in [0.717, 1.165) is 11.3 Å². The van der Waals surface area contributed by atoms with Crippen LogP contribution in [0.1, 0.15) is 15.9 Å². The number of hydrogen-bond donors (Lipinski definition) is 3. The number of nitrogens with one attached hydrogen (secondary N) is 3. The van der Waals surface area contributed by atoms with Gasteiger partial charge in [0, 0.05) is 35.9 Å². The number of anilines is 2. The van der Waals surface area contributed by atoms with E-state index in [4.69, 9.17) is 11.6 Å². The fraction of sp³-hybridized carbons (Fsp3) is 0.0556. The third kappa shape index (κ3) is 3.94. The summed E-state index contributed by atoms with van der Waals surface area (Å²) in [5.41, 5.74) is 2.89. The van der Waals surface area contributed by atoms with Gasteiger partial charge in [0.25, 0.3) is 5.91 Å². The van der Waals surface area contributed by atoms with E-state index >= 15 is 0 Å². The lowest BCUT2D eigenvalue weighted by Gasteiger charge is -2.09. The molecule has 0 radical (unpaired) electrons. The van der Waals surface area contributed by atoms with E-state index in [9.17, 15) is 9.18 Å². The third-order valence-corrected chi connectivity index (χ3v) is 3.75. The molecule has 0 fully saturated rings. The third-order valence-electron chi connectivity index (χ3n) is 3.46. The summed E-state index contributed by atoms with van der Waals surface area (Å²) in [6, 6.07) is 13.2. The lowest BCUT2D eigenvalue weighted by Crippen LogP contribution is -2.12. The summed E-state index contributed by atoms with van der Waals surface area (Å²) >= 11 is 5.72. The van der Waals surface area contributed by atoms with Crippen molar-refractivity contribution < 1.29 is 9.18 Å². The van der Waals surface area contributed by atoms with Gasteiger partial charge in [-0.25, -0.2) is 4.39 Å². The topological polar surface area (TPSA) is 56.9 Å². The molecule has 0 saturated carbocycles. The summed E-state index contributed by atoms with van der Waals surface area (Å²) in [6.07, 6.45) is 3.76. The van der Waals surface area contributed by atoms with Crippen LogP contribution in [0.3, 0.4) is 0 Å². The molecule has 2 aromatic carbocycles. The van der Waals surface area contributed by atoms with E-state index in [2.05, 4.69) is 15.6 Å². The van der Waals surface area contributed by atoms with Crippen LogP contribution in [0.4, 0.5) is 15.8 Å². The number of halogens is 2. The largest absolute Gasteiger partial charge is 0.381 e. The van der Waals surface area contributed by atoms with Gasteiger partial charge in [-0.2, -0.15) is 0 Å². The monoisotopic (exact) mass is 343 g/mol. The molecule has 1 amide bonds. The number of aromatic amines is 1. The Labute approximate surface area is 143 Å². The second kappa shape index (κ2) is 7.19. The summed E-state index contributed by atoms with van der Waals surface area (Å²) in [7, 11) is 0. The van der Waals surface area contributed by atoms with Crippen LogP contribution in [0.5, 0.6) is 0 Å². The van der Waals surface area contributed by atoms with Crippen molar-refractivity contribution in [2.45, 2.75) is 6.54 Å². The van der Waals surface area contributed by atoms with Crippen molar-refractivity contribution in [3.8, 4) is 0 Å². The molecule has 0 aliphatic rings. The number of hydrogen-bond acceptors (Lipinski definition) is 2. The summed E-state index contributed by atoms with van der Waals surface area (Å²) < 4.78 is 13.2. The van der Waals surface area contributed by atoms with Crippen LogP contribution in [-0.4, -0.2) is 10.9 Å². The molecule has 6 heteroatoms. The quantitative estimate of drug-likeness (QED) is 0.630. The van der Waals surface area contributed by atoms with Crippen molar-refractivity contribution >= 4 is 28.9 Å². The number of carbonyl (C=O) groups is 1. The molecule has 1 heterocycles. The molecule has 4 nitrogen and oxygen atoms in total. The highest BCUT2D eigenvalue weighted by Crippen LogP contribution is 2.20. The van der Waals surface area contributed by atoms with Gasteiger partial charge in [0.05, 0.1) is 5.02 Å². The maximum atomic E-state index is 13.2. The van der Waals surface area contributed by atoms with Crippen LogP contribution in [-0.2, 0) is 6.54 Å².